The van der Waals surface area contributed by atoms with Crippen molar-refractivity contribution in [3.8, 4) is 0 Å². The van der Waals surface area contributed by atoms with Crippen LogP contribution < -0.4 is 11.1 Å². The summed E-state index contributed by atoms with van der Waals surface area (Å²) in [7, 11) is 0. The van der Waals surface area contributed by atoms with Crippen LogP contribution in [0, 0.1) is 17.3 Å². The Labute approximate surface area is 111 Å². The molecule has 0 aromatic carbocycles. The van der Waals surface area contributed by atoms with Crippen LogP contribution in [0.1, 0.15) is 58.8 Å². The molecule has 3 unspecified atom stereocenters. The molecule has 2 aliphatic carbocycles. The van der Waals surface area contributed by atoms with Gasteiger partial charge in [-0.25, -0.2) is 0 Å². The maximum absolute atomic E-state index is 12.3. The molecule has 3 N–H and O–H groups in total. The molecule has 18 heavy (non-hydrogen) atoms. The zero-order chi connectivity index (χ0) is 13.2. The van der Waals surface area contributed by atoms with E-state index in [9.17, 15) is 4.79 Å². The largest absolute Gasteiger partial charge is 0.353 e. The zero-order valence-corrected chi connectivity index (χ0v) is 11.9. The lowest BCUT2D eigenvalue weighted by molar-refractivity contribution is -0.127. The molecular weight excluding hydrogens is 224 g/mol. The summed E-state index contributed by atoms with van der Waals surface area (Å²) in [6.07, 6.45) is 7.93. The first-order valence-corrected chi connectivity index (χ1v) is 7.50. The molecule has 3 atom stereocenters. The highest BCUT2D eigenvalue weighted by Gasteiger charge is 2.34. The minimum atomic E-state index is 0.219. The highest BCUT2D eigenvalue weighted by Crippen LogP contribution is 2.37. The van der Waals surface area contributed by atoms with Gasteiger partial charge in [0.25, 0.3) is 0 Å². The predicted molar refractivity (Wildman–Crippen MR) is 74.1 cm³/mol. The Kier molecular flexibility index (Phi) is 4.31. The summed E-state index contributed by atoms with van der Waals surface area (Å²) in [6, 6.07) is 0.408. The lowest BCUT2D eigenvalue weighted by atomic mass is 9.81. The SMILES string of the molecule is CC1(C)CCC(NC(=O)C2CCCC(CN)C2)C1. The van der Waals surface area contributed by atoms with Crippen molar-refractivity contribution in [3.63, 3.8) is 0 Å². The van der Waals surface area contributed by atoms with Gasteiger partial charge in [0, 0.05) is 12.0 Å². The van der Waals surface area contributed by atoms with Crippen LogP contribution in [0.3, 0.4) is 0 Å². The van der Waals surface area contributed by atoms with Crippen LogP contribution in [-0.4, -0.2) is 18.5 Å². The molecule has 2 rings (SSSR count). The second kappa shape index (κ2) is 5.60. The molecule has 0 aromatic heterocycles. The number of nitrogens with one attached hydrogen (secondary N) is 1. The molecule has 1 amide bonds. The van der Waals surface area contributed by atoms with E-state index >= 15 is 0 Å². The first-order chi connectivity index (χ1) is 8.50. The number of rotatable bonds is 3. The standard InChI is InChI=1S/C15H28N2O/c1-15(2)7-6-13(9-15)17-14(18)12-5-3-4-11(8-12)10-16/h11-13H,3-10,16H2,1-2H3,(H,17,18). The van der Waals surface area contributed by atoms with E-state index in [0.29, 0.717) is 17.4 Å². The Balaban J connectivity index is 1.81. The van der Waals surface area contributed by atoms with E-state index in [4.69, 9.17) is 5.73 Å². The van der Waals surface area contributed by atoms with Crippen molar-refractivity contribution in [2.75, 3.05) is 6.54 Å². The van der Waals surface area contributed by atoms with E-state index < -0.39 is 0 Å². The van der Waals surface area contributed by atoms with Gasteiger partial charge >= 0.3 is 0 Å². The lowest BCUT2D eigenvalue weighted by Gasteiger charge is -2.28. The average Bonchev–Trinajstić information content (AvgIpc) is 2.68. The van der Waals surface area contributed by atoms with E-state index in [1.165, 1.54) is 12.8 Å². The third-order valence-electron chi connectivity index (χ3n) is 4.80. The van der Waals surface area contributed by atoms with Gasteiger partial charge in [-0.05, 0) is 56.4 Å². The molecule has 3 heteroatoms. The van der Waals surface area contributed by atoms with E-state index in [1.54, 1.807) is 0 Å². The quantitative estimate of drug-likeness (QED) is 0.810. The summed E-state index contributed by atoms with van der Waals surface area (Å²) in [6.45, 7) is 5.33. The number of carbonyl (C=O) groups is 1. The first-order valence-electron chi connectivity index (χ1n) is 7.50. The van der Waals surface area contributed by atoms with Gasteiger partial charge < -0.3 is 11.1 Å². The van der Waals surface area contributed by atoms with Crippen molar-refractivity contribution in [2.45, 2.75) is 64.8 Å². The first kappa shape index (κ1) is 13.9. The predicted octanol–water partition coefficient (Wildman–Crippen LogP) is 2.45. The van der Waals surface area contributed by atoms with E-state index in [2.05, 4.69) is 19.2 Å². The van der Waals surface area contributed by atoms with Gasteiger partial charge in [0.05, 0.1) is 0 Å². The lowest BCUT2D eigenvalue weighted by Crippen LogP contribution is -2.40. The maximum atomic E-state index is 12.3. The average molecular weight is 252 g/mol. The zero-order valence-electron chi connectivity index (χ0n) is 11.9. The Hall–Kier alpha value is -0.570. The van der Waals surface area contributed by atoms with Crippen LogP contribution in [-0.2, 0) is 4.79 Å². The van der Waals surface area contributed by atoms with Crippen LogP contribution in [0.15, 0.2) is 0 Å². The molecule has 0 saturated heterocycles. The molecule has 2 fully saturated rings. The van der Waals surface area contributed by atoms with Gasteiger partial charge in [0.15, 0.2) is 0 Å². The topological polar surface area (TPSA) is 55.1 Å². The fourth-order valence-electron chi connectivity index (χ4n) is 3.62. The molecule has 0 aliphatic heterocycles. The minimum absolute atomic E-state index is 0.219. The van der Waals surface area contributed by atoms with Gasteiger partial charge in [0.1, 0.15) is 0 Å². The van der Waals surface area contributed by atoms with Gasteiger partial charge in [0.2, 0.25) is 5.91 Å². The molecule has 0 aromatic rings. The van der Waals surface area contributed by atoms with Gasteiger partial charge in [-0.1, -0.05) is 20.3 Å². The van der Waals surface area contributed by atoms with Crippen LogP contribution >= 0.6 is 0 Å². The fourth-order valence-corrected chi connectivity index (χ4v) is 3.62. The molecular formula is C15H28N2O. The third-order valence-corrected chi connectivity index (χ3v) is 4.80. The Morgan fingerprint density at radius 2 is 2.11 bits per heavy atom. The second-order valence-corrected chi connectivity index (χ2v) is 7.08. The number of hydrogen-bond donors (Lipinski definition) is 2. The summed E-state index contributed by atoms with van der Waals surface area (Å²) in [4.78, 5) is 12.3. The van der Waals surface area contributed by atoms with Crippen molar-refractivity contribution in [1.29, 1.82) is 0 Å². The van der Waals surface area contributed by atoms with Crippen LogP contribution in [0.25, 0.3) is 0 Å². The van der Waals surface area contributed by atoms with Crippen LogP contribution in [0.5, 0.6) is 0 Å². The second-order valence-electron chi connectivity index (χ2n) is 7.08. The van der Waals surface area contributed by atoms with Gasteiger partial charge in [-0.2, -0.15) is 0 Å². The molecule has 3 nitrogen and oxygen atoms in total. The van der Waals surface area contributed by atoms with Crippen molar-refractivity contribution >= 4 is 5.91 Å². The van der Waals surface area contributed by atoms with Crippen molar-refractivity contribution in [2.24, 2.45) is 23.0 Å². The Morgan fingerprint density at radius 1 is 1.33 bits per heavy atom. The Bertz CT molecular complexity index is 301. The molecule has 2 saturated carbocycles. The normalized spacial score (nSPS) is 35.4. The van der Waals surface area contributed by atoms with Gasteiger partial charge in [-0.15, -0.1) is 0 Å². The molecule has 0 bridgehead atoms. The van der Waals surface area contributed by atoms with E-state index in [-0.39, 0.29) is 11.8 Å². The molecule has 2 aliphatic rings. The van der Waals surface area contributed by atoms with Crippen molar-refractivity contribution in [1.82, 2.24) is 5.32 Å². The van der Waals surface area contributed by atoms with Gasteiger partial charge in [-0.3, -0.25) is 4.79 Å². The number of hydrogen-bond acceptors (Lipinski definition) is 2. The molecule has 0 heterocycles. The van der Waals surface area contributed by atoms with Crippen LogP contribution in [0.2, 0.25) is 0 Å². The van der Waals surface area contributed by atoms with Crippen molar-refractivity contribution < 1.29 is 4.79 Å². The molecule has 0 spiro atoms. The summed E-state index contributed by atoms with van der Waals surface area (Å²) in [5.74, 6) is 1.07. The number of carbonyl (C=O) groups excluding carboxylic acids is 1. The smallest absolute Gasteiger partial charge is 0.223 e. The maximum Gasteiger partial charge on any atom is 0.223 e. The van der Waals surface area contributed by atoms with Crippen LogP contribution in [0.4, 0.5) is 0 Å². The Morgan fingerprint density at radius 3 is 2.72 bits per heavy atom. The molecule has 0 radical (unpaired) electrons. The fraction of sp³-hybridized carbons (Fsp3) is 0.933. The summed E-state index contributed by atoms with van der Waals surface area (Å²) >= 11 is 0. The monoisotopic (exact) mass is 252 g/mol. The highest BCUT2D eigenvalue weighted by atomic mass is 16.1. The number of nitrogens with two attached hydrogens (primary N) is 1. The van der Waals surface area contributed by atoms with E-state index in [1.807, 2.05) is 0 Å². The number of amides is 1. The molecule has 104 valence electrons. The highest BCUT2D eigenvalue weighted by molar-refractivity contribution is 5.79. The summed E-state index contributed by atoms with van der Waals surface area (Å²) in [5, 5.41) is 3.27. The summed E-state index contributed by atoms with van der Waals surface area (Å²) < 4.78 is 0. The van der Waals surface area contributed by atoms with E-state index in [0.717, 1.165) is 38.6 Å². The minimum Gasteiger partial charge on any atom is -0.353 e. The summed E-state index contributed by atoms with van der Waals surface area (Å²) in [5.41, 5.74) is 6.14. The third kappa shape index (κ3) is 3.47. The van der Waals surface area contributed by atoms with Crippen molar-refractivity contribution in [3.05, 3.63) is 0 Å².